The third-order valence-corrected chi connectivity index (χ3v) is 1.78. The summed E-state index contributed by atoms with van der Waals surface area (Å²) in [5, 5.41) is 2.70. The van der Waals surface area contributed by atoms with E-state index < -0.39 is 11.6 Å². The van der Waals surface area contributed by atoms with Crippen LogP contribution in [0.1, 0.15) is 5.56 Å². The second kappa shape index (κ2) is 4.88. The molecular weight excluding hydrogens is 190 g/mol. The van der Waals surface area contributed by atoms with Gasteiger partial charge < -0.3 is 15.8 Å². The molecule has 0 aliphatic carbocycles. The van der Waals surface area contributed by atoms with Gasteiger partial charge >= 0.3 is 0 Å². The van der Waals surface area contributed by atoms with Gasteiger partial charge in [-0.15, -0.1) is 0 Å². The number of hydrogen-bond donors (Lipinski definition) is 2. The Balaban J connectivity index is 2.90. The molecule has 0 radical (unpaired) electrons. The van der Waals surface area contributed by atoms with Crippen molar-refractivity contribution in [1.29, 1.82) is 0 Å². The van der Waals surface area contributed by atoms with Crippen LogP contribution in [0.15, 0.2) is 12.1 Å². The van der Waals surface area contributed by atoms with Crippen molar-refractivity contribution in [2.45, 2.75) is 6.54 Å². The van der Waals surface area contributed by atoms with Crippen LogP contribution in [0.3, 0.4) is 0 Å². The van der Waals surface area contributed by atoms with E-state index in [1.807, 2.05) is 0 Å². The van der Waals surface area contributed by atoms with Crippen LogP contribution in [0.5, 0.6) is 5.75 Å². The summed E-state index contributed by atoms with van der Waals surface area (Å²) in [6.07, 6.45) is 0. The summed E-state index contributed by atoms with van der Waals surface area (Å²) in [6, 6.07) is 2.11. The molecule has 3 nitrogen and oxygen atoms in total. The molecular formula is C9H12F2N2O. The molecule has 0 unspecified atom stereocenters. The molecule has 78 valence electrons. The summed E-state index contributed by atoms with van der Waals surface area (Å²) in [4.78, 5) is 0. The lowest BCUT2D eigenvalue weighted by atomic mass is 10.2. The van der Waals surface area contributed by atoms with Gasteiger partial charge in [-0.05, 0) is 6.07 Å². The standard InChI is InChI=1S/C9H12F2N2O/c1-14-9-3-7(10)6(2-8(9)11)4-13-5-12/h2-3,13H,4-5,12H2,1H3. The fourth-order valence-electron chi connectivity index (χ4n) is 1.07. The van der Waals surface area contributed by atoms with Gasteiger partial charge in [-0.2, -0.15) is 0 Å². The number of nitrogens with two attached hydrogens (primary N) is 1. The zero-order valence-electron chi connectivity index (χ0n) is 7.81. The van der Waals surface area contributed by atoms with Crippen LogP contribution in [0.25, 0.3) is 0 Å². The van der Waals surface area contributed by atoms with E-state index in [1.165, 1.54) is 7.11 Å². The molecule has 0 heterocycles. The van der Waals surface area contributed by atoms with E-state index in [9.17, 15) is 8.78 Å². The zero-order valence-corrected chi connectivity index (χ0v) is 7.81. The summed E-state index contributed by atoms with van der Waals surface area (Å²) < 4.78 is 30.9. The van der Waals surface area contributed by atoms with Gasteiger partial charge in [-0.25, -0.2) is 8.78 Å². The van der Waals surface area contributed by atoms with Crippen LogP contribution in [0.2, 0.25) is 0 Å². The zero-order chi connectivity index (χ0) is 10.6. The Hall–Kier alpha value is -1.20. The van der Waals surface area contributed by atoms with E-state index >= 15 is 0 Å². The van der Waals surface area contributed by atoms with Gasteiger partial charge in [0.1, 0.15) is 5.82 Å². The first-order valence-corrected chi connectivity index (χ1v) is 4.11. The number of nitrogens with one attached hydrogen (secondary N) is 1. The maximum absolute atomic E-state index is 13.2. The SMILES string of the molecule is COc1cc(F)c(CNCN)cc1F. The van der Waals surface area contributed by atoms with E-state index in [2.05, 4.69) is 10.1 Å². The Labute approximate surface area is 80.9 Å². The molecule has 0 aliphatic heterocycles. The number of halogens is 2. The van der Waals surface area contributed by atoms with E-state index in [1.54, 1.807) is 0 Å². The smallest absolute Gasteiger partial charge is 0.165 e. The van der Waals surface area contributed by atoms with Gasteiger partial charge in [-0.1, -0.05) is 0 Å². The maximum atomic E-state index is 13.2. The van der Waals surface area contributed by atoms with Gasteiger partial charge in [0.15, 0.2) is 11.6 Å². The fourth-order valence-corrected chi connectivity index (χ4v) is 1.07. The second-order valence-electron chi connectivity index (χ2n) is 2.71. The normalized spacial score (nSPS) is 10.3. The third kappa shape index (κ3) is 2.40. The first kappa shape index (κ1) is 10.9. The summed E-state index contributed by atoms with van der Waals surface area (Å²) in [5.74, 6) is -1.19. The predicted octanol–water partition coefficient (Wildman–Crippen LogP) is 0.979. The lowest BCUT2D eigenvalue weighted by Gasteiger charge is -2.07. The van der Waals surface area contributed by atoms with Crippen molar-refractivity contribution in [2.24, 2.45) is 5.73 Å². The highest BCUT2D eigenvalue weighted by molar-refractivity contribution is 5.30. The number of hydrogen-bond acceptors (Lipinski definition) is 3. The maximum Gasteiger partial charge on any atom is 0.165 e. The molecule has 1 aromatic carbocycles. The van der Waals surface area contributed by atoms with E-state index in [4.69, 9.17) is 5.73 Å². The van der Waals surface area contributed by atoms with E-state index in [0.29, 0.717) is 0 Å². The minimum Gasteiger partial charge on any atom is -0.494 e. The lowest BCUT2D eigenvalue weighted by molar-refractivity contribution is 0.381. The quantitative estimate of drug-likeness (QED) is 0.715. The molecule has 0 fully saturated rings. The minimum absolute atomic E-state index is 0.0981. The van der Waals surface area contributed by atoms with Crippen molar-refractivity contribution in [2.75, 3.05) is 13.8 Å². The molecule has 3 N–H and O–H groups in total. The molecule has 1 aromatic rings. The topological polar surface area (TPSA) is 47.3 Å². The Morgan fingerprint density at radius 1 is 1.36 bits per heavy atom. The average Bonchev–Trinajstić information content (AvgIpc) is 2.18. The van der Waals surface area contributed by atoms with Crippen molar-refractivity contribution in [3.63, 3.8) is 0 Å². The highest BCUT2D eigenvalue weighted by Crippen LogP contribution is 2.20. The fraction of sp³-hybridized carbons (Fsp3) is 0.333. The second-order valence-corrected chi connectivity index (χ2v) is 2.71. The predicted molar refractivity (Wildman–Crippen MR) is 48.8 cm³/mol. The highest BCUT2D eigenvalue weighted by Gasteiger charge is 2.09. The molecule has 0 saturated carbocycles. The average molecular weight is 202 g/mol. The molecule has 0 bridgehead atoms. The Kier molecular flexibility index (Phi) is 3.79. The molecule has 1 rings (SSSR count). The van der Waals surface area contributed by atoms with Gasteiger partial charge in [0.05, 0.1) is 7.11 Å². The first-order chi connectivity index (χ1) is 6.69. The van der Waals surface area contributed by atoms with Crippen LogP contribution in [0.4, 0.5) is 8.78 Å². The molecule has 5 heteroatoms. The van der Waals surface area contributed by atoms with Gasteiger partial charge in [0.2, 0.25) is 0 Å². The first-order valence-electron chi connectivity index (χ1n) is 4.11. The Bertz CT molecular complexity index is 318. The monoisotopic (exact) mass is 202 g/mol. The molecule has 0 aliphatic rings. The van der Waals surface area contributed by atoms with E-state index in [-0.39, 0.29) is 24.5 Å². The van der Waals surface area contributed by atoms with Crippen LogP contribution in [-0.2, 0) is 6.54 Å². The van der Waals surface area contributed by atoms with Crippen molar-refractivity contribution < 1.29 is 13.5 Å². The van der Waals surface area contributed by atoms with Crippen molar-refractivity contribution in [3.05, 3.63) is 29.3 Å². The third-order valence-electron chi connectivity index (χ3n) is 1.78. The van der Waals surface area contributed by atoms with Crippen molar-refractivity contribution in [3.8, 4) is 5.75 Å². The highest BCUT2D eigenvalue weighted by atomic mass is 19.1. The van der Waals surface area contributed by atoms with Gasteiger partial charge in [-0.3, -0.25) is 0 Å². The largest absolute Gasteiger partial charge is 0.494 e. The molecule has 0 saturated heterocycles. The molecule has 0 aromatic heterocycles. The summed E-state index contributed by atoms with van der Waals surface area (Å²) >= 11 is 0. The van der Waals surface area contributed by atoms with Gasteiger partial charge in [0.25, 0.3) is 0 Å². The number of methoxy groups -OCH3 is 1. The summed E-state index contributed by atoms with van der Waals surface area (Å²) in [6.45, 7) is 0.413. The molecule has 0 spiro atoms. The number of ether oxygens (including phenoxy) is 1. The Morgan fingerprint density at radius 3 is 2.64 bits per heavy atom. The van der Waals surface area contributed by atoms with Crippen LogP contribution in [-0.4, -0.2) is 13.8 Å². The summed E-state index contributed by atoms with van der Waals surface area (Å²) in [5.41, 5.74) is 5.40. The Morgan fingerprint density at radius 2 is 2.07 bits per heavy atom. The van der Waals surface area contributed by atoms with Crippen LogP contribution >= 0.6 is 0 Å². The summed E-state index contributed by atoms with van der Waals surface area (Å²) in [7, 11) is 1.29. The number of benzene rings is 1. The molecule has 0 atom stereocenters. The lowest BCUT2D eigenvalue weighted by Crippen LogP contribution is -2.22. The van der Waals surface area contributed by atoms with Crippen LogP contribution in [0, 0.1) is 11.6 Å². The van der Waals surface area contributed by atoms with Crippen molar-refractivity contribution in [1.82, 2.24) is 5.32 Å². The minimum atomic E-state index is -0.581. The molecule has 0 amide bonds. The van der Waals surface area contributed by atoms with Gasteiger partial charge in [0, 0.05) is 24.8 Å². The van der Waals surface area contributed by atoms with Crippen molar-refractivity contribution >= 4 is 0 Å². The van der Waals surface area contributed by atoms with Crippen LogP contribution < -0.4 is 15.8 Å². The van der Waals surface area contributed by atoms with E-state index in [0.717, 1.165) is 12.1 Å². The number of rotatable bonds is 4. The molecule has 14 heavy (non-hydrogen) atoms.